The molecule has 0 fully saturated rings. The number of aromatic nitrogens is 2. The Morgan fingerprint density at radius 1 is 1.42 bits per heavy atom. The van der Waals surface area contributed by atoms with Gasteiger partial charge in [0.15, 0.2) is 5.16 Å². The quantitative estimate of drug-likeness (QED) is 0.531. The van der Waals surface area contributed by atoms with E-state index < -0.39 is 0 Å². The number of hydrogen-bond acceptors (Lipinski definition) is 5. The molecule has 0 saturated heterocycles. The molecule has 3 rings (SSSR count). The van der Waals surface area contributed by atoms with Gasteiger partial charge in [-0.1, -0.05) is 29.4 Å². The van der Waals surface area contributed by atoms with Gasteiger partial charge in [0.25, 0.3) is 5.56 Å². The van der Waals surface area contributed by atoms with Crippen LogP contribution in [0.4, 0.5) is 5.69 Å². The average molecular weight is 380 g/mol. The number of halogens is 1. The fourth-order valence-corrected chi connectivity index (χ4v) is 4.02. The monoisotopic (exact) mass is 379 g/mol. The average Bonchev–Trinajstić information content (AvgIpc) is 2.91. The number of nitrogens with one attached hydrogen (secondary N) is 2. The molecule has 8 heteroatoms. The summed E-state index contributed by atoms with van der Waals surface area (Å²) in [6.45, 7) is 3.72. The van der Waals surface area contributed by atoms with E-state index in [2.05, 4.69) is 15.3 Å². The van der Waals surface area contributed by atoms with E-state index in [1.54, 1.807) is 18.2 Å². The second kappa shape index (κ2) is 6.96. The molecule has 1 aromatic carbocycles. The third-order valence-electron chi connectivity index (χ3n) is 3.49. The van der Waals surface area contributed by atoms with Crippen molar-refractivity contribution in [2.45, 2.75) is 19.0 Å². The van der Waals surface area contributed by atoms with Crippen molar-refractivity contribution in [2.75, 3.05) is 11.1 Å². The largest absolute Gasteiger partial charge is 0.325 e. The Kier molecular flexibility index (Phi) is 4.93. The Hall–Kier alpha value is -1.83. The molecule has 5 nitrogen and oxygen atoms in total. The number of anilines is 1. The minimum atomic E-state index is -0.185. The second-order valence-electron chi connectivity index (χ2n) is 5.22. The van der Waals surface area contributed by atoms with E-state index in [0.29, 0.717) is 26.1 Å². The highest BCUT2D eigenvalue weighted by Gasteiger charge is 2.11. The van der Waals surface area contributed by atoms with Crippen molar-refractivity contribution in [3.8, 4) is 0 Å². The molecule has 0 aliphatic heterocycles. The molecular weight excluding hydrogens is 366 g/mol. The van der Waals surface area contributed by atoms with E-state index in [-0.39, 0.29) is 17.2 Å². The molecular formula is C16H14ClN3O2S2. The summed E-state index contributed by atoms with van der Waals surface area (Å²) in [6.07, 6.45) is 0. The Balaban J connectivity index is 1.70. The van der Waals surface area contributed by atoms with Crippen LogP contribution in [0.1, 0.15) is 11.1 Å². The van der Waals surface area contributed by atoms with Gasteiger partial charge in [0.2, 0.25) is 5.91 Å². The topological polar surface area (TPSA) is 74.8 Å². The lowest BCUT2D eigenvalue weighted by Crippen LogP contribution is -2.16. The van der Waals surface area contributed by atoms with Crippen LogP contribution < -0.4 is 10.9 Å². The van der Waals surface area contributed by atoms with Crippen LogP contribution in [0.5, 0.6) is 0 Å². The number of benzene rings is 1. The van der Waals surface area contributed by atoms with Crippen molar-refractivity contribution in [1.29, 1.82) is 0 Å². The summed E-state index contributed by atoms with van der Waals surface area (Å²) in [7, 11) is 0. The van der Waals surface area contributed by atoms with Gasteiger partial charge in [-0.25, -0.2) is 4.98 Å². The maximum atomic E-state index is 12.1. The smallest absolute Gasteiger partial charge is 0.260 e. The van der Waals surface area contributed by atoms with Crippen LogP contribution in [0.2, 0.25) is 5.02 Å². The van der Waals surface area contributed by atoms with Gasteiger partial charge in [-0.05, 0) is 42.5 Å². The van der Waals surface area contributed by atoms with Gasteiger partial charge in [-0.15, -0.1) is 11.3 Å². The van der Waals surface area contributed by atoms with Crippen molar-refractivity contribution in [1.82, 2.24) is 9.97 Å². The highest BCUT2D eigenvalue weighted by atomic mass is 35.5. The van der Waals surface area contributed by atoms with Crippen molar-refractivity contribution in [2.24, 2.45) is 0 Å². The Labute approximate surface area is 151 Å². The first-order chi connectivity index (χ1) is 11.5. The molecule has 0 saturated carbocycles. The third-order valence-corrected chi connectivity index (χ3v) is 5.76. The molecule has 0 spiro atoms. The molecule has 0 unspecified atom stereocenters. The number of hydrogen-bond donors (Lipinski definition) is 2. The second-order valence-corrected chi connectivity index (χ2v) is 7.45. The number of nitrogens with zero attached hydrogens (tertiary/aromatic N) is 1. The van der Waals surface area contributed by atoms with Crippen LogP contribution in [0.15, 0.2) is 33.5 Å². The SMILES string of the molecule is Cc1c(Cl)cccc1NC(=O)CSc1nc2scc(C)c2c(=O)[nH]1. The minimum Gasteiger partial charge on any atom is -0.325 e. The zero-order valence-corrected chi connectivity index (χ0v) is 15.4. The summed E-state index contributed by atoms with van der Waals surface area (Å²) in [5, 5.41) is 6.37. The molecule has 0 aliphatic carbocycles. The highest BCUT2D eigenvalue weighted by Crippen LogP contribution is 2.24. The van der Waals surface area contributed by atoms with E-state index in [1.807, 2.05) is 19.2 Å². The Bertz CT molecular complexity index is 981. The molecule has 0 bridgehead atoms. The number of carbonyl (C=O) groups excluding carboxylic acids is 1. The number of thiophene rings is 1. The van der Waals surface area contributed by atoms with Gasteiger partial charge in [0.1, 0.15) is 4.83 Å². The molecule has 2 N–H and O–H groups in total. The lowest BCUT2D eigenvalue weighted by Gasteiger charge is -2.09. The van der Waals surface area contributed by atoms with Gasteiger partial charge in [0.05, 0.1) is 11.1 Å². The summed E-state index contributed by atoms with van der Waals surface area (Å²) in [5.74, 6) is -0.0411. The zero-order chi connectivity index (χ0) is 17.3. The number of aromatic amines is 1. The fourth-order valence-electron chi connectivity index (χ4n) is 2.20. The predicted molar refractivity (Wildman–Crippen MR) is 101 cm³/mol. The standard InChI is InChI=1S/C16H14ClN3O2S2/c1-8-6-23-15-13(8)14(22)19-16(20-15)24-7-12(21)18-11-5-3-4-10(17)9(11)2/h3-6H,7H2,1-2H3,(H,18,21)(H,19,20,22). The summed E-state index contributed by atoms with van der Waals surface area (Å²) in [5.41, 5.74) is 2.24. The lowest BCUT2D eigenvalue weighted by atomic mass is 10.2. The van der Waals surface area contributed by atoms with Crippen LogP contribution >= 0.6 is 34.7 Å². The van der Waals surface area contributed by atoms with E-state index in [0.717, 1.165) is 11.1 Å². The fraction of sp³-hybridized carbons (Fsp3) is 0.188. The normalized spacial score (nSPS) is 11.0. The number of carbonyl (C=O) groups is 1. The van der Waals surface area contributed by atoms with Crippen molar-refractivity contribution < 1.29 is 4.79 Å². The molecule has 2 heterocycles. The number of H-pyrrole nitrogens is 1. The Morgan fingerprint density at radius 2 is 2.21 bits per heavy atom. The number of thioether (sulfide) groups is 1. The number of amides is 1. The van der Waals surface area contributed by atoms with Gasteiger partial charge in [-0.3, -0.25) is 9.59 Å². The predicted octanol–water partition coefficient (Wildman–Crippen LogP) is 3.99. The summed E-state index contributed by atoms with van der Waals surface area (Å²) in [4.78, 5) is 32.0. The molecule has 3 aromatic rings. The van der Waals surface area contributed by atoms with Crippen molar-refractivity contribution >= 4 is 56.5 Å². The van der Waals surface area contributed by atoms with E-state index in [9.17, 15) is 9.59 Å². The number of fused-ring (bicyclic) bond motifs is 1. The van der Waals surface area contributed by atoms with E-state index in [1.165, 1.54) is 23.1 Å². The minimum absolute atomic E-state index is 0.144. The maximum Gasteiger partial charge on any atom is 0.260 e. The molecule has 0 atom stereocenters. The molecule has 1 amide bonds. The first kappa shape index (κ1) is 17.0. The number of rotatable bonds is 4. The summed E-state index contributed by atoms with van der Waals surface area (Å²) in [6, 6.07) is 5.35. The van der Waals surface area contributed by atoms with Crippen LogP contribution in [0.3, 0.4) is 0 Å². The van der Waals surface area contributed by atoms with E-state index >= 15 is 0 Å². The third kappa shape index (κ3) is 3.48. The highest BCUT2D eigenvalue weighted by molar-refractivity contribution is 7.99. The lowest BCUT2D eigenvalue weighted by molar-refractivity contribution is -0.113. The van der Waals surface area contributed by atoms with Gasteiger partial charge < -0.3 is 10.3 Å². The first-order valence-electron chi connectivity index (χ1n) is 7.11. The molecule has 24 heavy (non-hydrogen) atoms. The van der Waals surface area contributed by atoms with Crippen LogP contribution in [-0.4, -0.2) is 21.6 Å². The summed E-state index contributed by atoms with van der Waals surface area (Å²) < 4.78 is 0. The van der Waals surface area contributed by atoms with Crippen molar-refractivity contribution in [3.63, 3.8) is 0 Å². The van der Waals surface area contributed by atoms with Crippen LogP contribution in [0.25, 0.3) is 10.2 Å². The van der Waals surface area contributed by atoms with Gasteiger partial charge in [-0.2, -0.15) is 0 Å². The van der Waals surface area contributed by atoms with Gasteiger partial charge in [0, 0.05) is 10.7 Å². The molecule has 0 radical (unpaired) electrons. The van der Waals surface area contributed by atoms with Crippen LogP contribution in [-0.2, 0) is 4.79 Å². The van der Waals surface area contributed by atoms with Gasteiger partial charge >= 0.3 is 0 Å². The molecule has 124 valence electrons. The summed E-state index contributed by atoms with van der Waals surface area (Å²) >= 11 is 8.65. The van der Waals surface area contributed by atoms with E-state index in [4.69, 9.17) is 11.6 Å². The molecule has 2 aromatic heterocycles. The maximum absolute atomic E-state index is 12.1. The first-order valence-corrected chi connectivity index (χ1v) is 9.36. The number of aryl methyl sites for hydroxylation is 1. The van der Waals surface area contributed by atoms with Crippen molar-refractivity contribution in [3.05, 3.63) is 50.1 Å². The Morgan fingerprint density at radius 3 is 3.00 bits per heavy atom. The van der Waals surface area contributed by atoms with Crippen LogP contribution in [0, 0.1) is 13.8 Å². The zero-order valence-electron chi connectivity index (χ0n) is 13.0. The molecule has 0 aliphatic rings.